The Morgan fingerprint density at radius 2 is 2.04 bits per heavy atom. The number of urea groups is 1. The van der Waals surface area contributed by atoms with E-state index in [9.17, 15) is 9.90 Å². The number of likely N-dealkylation sites (tertiary alicyclic amines) is 1. The van der Waals surface area contributed by atoms with E-state index >= 15 is 0 Å². The van der Waals surface area contributed by atoms with Crippen molar-refractivity contribution in [3.05, 3.63) is 23.2 Å². The van der Waals surface area contributed by atoms with Gasteiger partial charge in [-0.2, -0.15) is 0 Å². The molecule has 2 fully saturated rings. The zero-order valence-electron chi connectivity index (χ0n) is 14.2. The summed E-state index contributed by atoms with van der Waals surface area (Å²) in [6.45, 7) is 4.84. The monoisotopic (exact) mass is 351 g/mol. The first-order chi connectivity index (χ1) is 11.6. The van der Waals surface area contributed by atoms with Crippen molar-refractivity contribution in [3.63, 3.8) is 0 Å². The van der Waals surface area contributed by atoms with E-state index < -0.39 is 0 Å². The van der Waals surface area contributed by atoms with Gasteiger partial charge in [0.25, 0.3) is 0 Å². The van der Waals surface area contributed by atoms with Crippen LogP contribution in [0.1, 0.15) is 32.6 Å². The van der Waals surface area contributed by atoms with Crippen molar-refractivity contribution in [3.8, 4) is 0 Å². The van der Waals surface area contributed by atoms with Crippen molar-refractivity contribution in [2.75, 3.05) is 36.5 Å². The number of hydrogen-bond donors (Lipinski definition) is 2. The maximum absolute atomic E-state index is 12.6. The minimum absolute atomic E-state index is 0.00321. The molecule has 0 unspecified atom stereocenters. The second-order valence-electron chi connectivity index (χ2n) is 6.85. The Morgan fingerprint density at radius 1 is 1.29 bits per heavy atom. The van der Waals surface area contributed by atoms with Crippen molar-refractivity contribution in [1.29, 1.82) is 0 Å². The number of amides is 2. The molecule has 24 heavy (non-hydrogen) atoms. The van der Waals surface area contributed by atoms with Gasteiger partial charge in [0.15, 0.2) is 0 Å². The molecule has 0 radical (unpaired) electrons. The third-order valence-electron chi connectivity index (χ3n) is 5.21. The number of aliphatic hydroxyl groups is 1. The standard InChI is InChI=1S/C18H26ClN3O2/c1-13-5-4-10-22(17(13)12-23)18(24)20-14-6-7-16(15(19)11-14)21-8-2-3-9-21/h6-7,11,13,17,23H,2-5,8-10,12H2,1H3,(H,20,24)/t13-,17+/m1/s1. The molecule has 3 rings (SSSR count). The first kappa shape index (κ1) is 17.4. The molecule has 6 heteroatoms. The van der Waals surface area contributed by atoms with Gasteiger partial charge in [-0.3, -0.25) is 0 Å². The van der Waals surface area contributed by atoms with Crippen molar-refractivity contribution in [2.45, 2.75) is 38.6 Å². The molecule has 0 aromatic heterocycles. The Bertz CT molecular complexity index is 590. The van der Waals surface area contributed by atoms with E-state index in [4.69, 9.17) is 11.6 Å². The van der Waals surface area contributed by atoms with Gasteiger partial charge in [-0.1, -0.05) is 18.5 Å². The molecule has 2 saturated heterocycles. The van der Waals surface area contributed by atoms with Crippen molar-refractivity contribution < 1.29 is 9.90 Å². The first-order valence-corrected chi connectivity index (χ1v) is 9.21. The van der Waals surface area contributed by atoms with E-state index in [-0.39, 0.29) is 18.7 Å². The van der Waals surface area contributed by atoms with Crippen LogP contribution in [0.2, 0.25) is 5.02 Å². The SMILES string of the molecule is C[C@@H]1CCCN(C(=O)Nc2ccc(N3CCCC3)c(Cl)c2)[C@H]1CO. The Morgan fingerprint density at radius 3 is 2.71 bits per heavy atom. The number of carbonyl (C=O) groups excluding carboxylic acids is 1. The molecule has 2 atom stereocenters. The zero-order chi connectivity index (χ0) is 17.1. The third kappa shape index (κ3) is 3.62. The fraction of sp³-hybridized carbons (Fsp3) is 0.611. The number of nitrogens with one attached hydrogen (secondary N) is 1. The van der Waals surface area contributed by atoms with E-state index in [0.717, 1.165) is 31.6 Å². The van der Waals surface area contributed by atoms with Gasteiger partial charge in [-0.25, -0.2) is 4.79 Å². The molecule has 1 aromatic rings. The lowest BCUT2D eigenvalue weighted by molar-refractivity contribution is 0.0811. The quantitative estimate of drug-likeness (QED) is 0.875. The molecular weight excluding hydrogens is 326 g/mol. The van der Waals surface area contributed by atoms with E-state index in [1.54, 1.807) is 4.90 Å². The lowest BCUT2D eigenvalue weighted by atomic mass is 9.91. The predicted octanol–water partition coefficient (Wildman–Crippen LogP) is 3.56. The molecule has 2 aliphatic rings. The highest BCUT2D eigenvalue weighted by Gasteiger charge is 2.31. The topological polar surface area (TPSA) is 55.8 Å². The minimum Gasteiger partial charge on any atom is -0.394 e. The van der Waals surface area contributed by atoms with Crippen molar-refractivity contribution in [2.24, 2.45) is 5.92 Å². The number of aliphatic hydroxyl groups excluding tert-OH is 1. The van der Waals surface area contributed by atoms with Gasteiger partial charge >= 0.3 is 6.03 Å². The Balaban J connectivity index is 1.68. The number of nitrogens with zero attached hydrogens (tertiary/aromatic N) is 2. The highest BCUT2D eigenvalue weighted by atomic mass is 35.5. The van der Waals surface area contributed by atoms with Crippen molar-refractivity contribution >= 4 is 29.0 Å². The van der Waals surface area contributed by atoms with Crippen LogP contribution in [0.5, 0.6) is 0 Å². The Hall–Kier alpha value is -1.46. The Labute approximate surface area is 148 Å². The summed E-state index contributed by atoms with van der Waals surface area (Å²) in [7, 11) is 0. The Kier molecular flexibility index (Phi) is 5.51. The van der Waals surface area contributed by atoms with Gasteiger partial charge < -0.3 is 20.2 Å². The summed E-state index contributed by atoms with van der Waals surface area (Å²) in [5.41, 5.74) is 1.73. The van der Waals surface area contributed by atoms with Crippen LogP contribution < -0.4 is 10.2 Å². The van der Waals surface area contributed by atoms with Gasteiger partial charge in [0.1, 0.15) is 0 Å². The van der Waals surface area contributed by atoms with E-state index in [0.29, 0.717) is 23.2 Å². The average Bonchev–Trinajstić information content (AvgIpc) is 3.09. The predicted molar refractivity (Wildman–Crippen MR) is 97.9 cm³/mol. The van der Waals surface area contributed by atoms with E-state index in [2.05, 4.69) is 17.1 Å². The second-order valence-corrected chi connectivity index (χ2v) is 7.26. The van der Waals surface area contributed by atoms with Crippen LogP contribution in [-0.4, -0.2) is 48.3 Å². The molecule has 2 N–H and O–H groups in total. The van der Waals surface area contributed by atoms with Gasteiger partial charge in [-0.15, -0.1) is 0 Å². The summed E-state index contributed by atoms with van der Waals surface area (Å²) in [6.07, 6.45) is 4.42. The number of piperidine rings is 1. The van der Waals surface area contributed by atoms with Crippen LogP contribution in [0.4, 0.5) is 16.2 Å². The zero-order valence-corrected chi connectivity index (χ0v) is 14.9. The lowest BCUT2D eigenvalue weighted by Crippen LogP contribution is -2.51. The summed E-state index contributed by atoms with van der Waals surface area (Å²) in [4.78, 5) is 16.6. The summed E-state index contributed by atoms with van der Waals surface area (Å²) < 4.78 is 0. The fourth-order valence-electron chi connectivity index (χ4n) is 3.77. The maximum atomic E-state index is 12.6. The molecule has 0 aliphatic carbocycles. The van der Waals surface area contributed by atoms with Crippen molar-refractivity contribution in [1.82, 2.24) is 4.90 Å². The minimum atomic E-state index is -0.161. The number of hydrogen-bond acceptors (Lipinski definition) is 3. The molecule has 0 spiro atoms. The van der Waals surface area contributed by atoms with Crippen LogP contribution >= 0.6 is 11.6 Å². The van der Waals surface area contributed by atoms with Crippen LogP contribution in [-0.2, 0) is 0 Å². The smallest absolute Gasteiger partial charge is 0.322 e. The molecular formula is C18H26ClN3O2. The molecule has 2 aliphatic heterocycles. The van der Waals surface area contributed by atoms with Crippen LogP contribution in [0.25, 0.3) is 0 Å². The molecule has 0 bridgehead atoms. The van der Waals surface area contributed by atoms with Gasteiger partial charge in [0.2, 0.25) is 0 Å². The third-order valence-corrected chi connectivity index (χ3v) is 5.51. The highest BCUT2D eigenvalue weighted by molar-refractivity contribution is 6.33. The van der Waals surface area contributed by atoms with E-state index in [1.807, 2.05) is 18.2 Å². The normalized spacial score (nSPS) is 24.3. The molecule has 132 valence electrons. The second kappa shape index (κ2) is 7.62. The van der Waals surface area contributed by atoms with Crippen LogP contribution in [0.3, 0.4) is 0 Å². The van der Waals surface area contributed by atoms with Crippen LogP contribution in [0.15, 0.2) is 18.2 Å². The molecule has 2 heterocycles. The average molecular weight is 352 g/mol. The summed E-state index contributed by atoms with van der Waals surface area (Å²) in [6, 6.07) is 5.42. The summed E-state index contributed by atoms with van der Waals surface area (Å²) in [5.74, 6) is 0.315. The highest BCUT2D eigenvalue weighted by Crippen LogP contribution is 2.31. The number of rotatable bonds is 3. The summed E-state index contributed by atoms with van der Waals surface area (Å²) in [5, 5.41) is 13.2. The first-order valence-electron chi connectivity index (χ1n) is 8.83. The maximum Gasteiger partial charge on any atom is 0.322 e. The van der Waals surface area contributed by atoms with Gasteiger partial charge in [0, 0.05) is 25.3 Å². The van der Waals surface area contributed by atoms with Gasteiger partial charge in [-0.05, 0) is 49.8 Å². The fourth-order valence-corrected chi connectivity index (χ4v) is 4.07. The van der Waals surface area contributed by atoms with Crippen LogP contribution in [0, 0.1) is 5.92 Å². The summed E-state index contributed by atoms with van der Waals surface area (Å²) >= 11 is 6.41. The van der Waals surface area contributed by atoms with E-state index in [1.165, 1.54) is 12.8 Å². The number of benzene rings is 1. The number of halogens is 1. The lowest BCUT2D eigenvalue weighted by Gasteiger charge is -2.38. The van der Waals surface area contributed by atoms with Gasteiger partial charge in [0.05, 0.1) is 23.4 Å². The number of carbonyl (C=O) groups is 1. The molecule has 0 saturated carbocycles. The molecule has 2 amide bonds. The number of anilines is 2. The molecule has 1 aromatic carbocycles. The largest absolute Gasteiger partial charge is 0.394 e. The molecule has 5 nitrogen and oxygen atoms in total.